The Morgan fingerprint density at radius 2 is 1.97 bits per heavy atom. The third-order valence-corrected chi connectivity index (χ3v) is 6.00. The summed E-state index contributed by atoms with van der Waals surface area (Å²) in [5.74, 6) is -1.21. The summed E-state index contributed by atoms with van der Waals surface area (Å²) in [7, 11) is 0. The molecule has 1 N–H and O–H groups in total. The number of aromatic nitrogens is 1. The zero-order valence-electron chi connectivity index (χ0n) is 17.5. The topological polar surface area (TPSA) is 88.6 Å². The molecule has 1 unspecified atom stereocenters. The molecular formula is C22H27N3O4S. The van der Waals surface area contributed by atoms with Gasteiger partial charge in [-0.3, -0.25) is 14.5 Å². The first kappa shape index (κ1) is 22.0. The van der Waals surface area contributed by atoms with Crippen LogP contribution in [0.2, 0.25) is 0 Å². The van der Waals surface area contributed by atoms with Crippen molar-refractivity contribution in [3.8, 4) is 0 Å². The number of rotatable bonds is 6. The van der Waals surface area contributed by atoms with E-state index in [2.05, 4.69) is 10.3 Å². The number of aryl methyl sites for hydroxylation is 1. The summed E-state index contributed by atoms with van der Waals surface area (Å²) in [5, 5.41) is 5.14. The van der Waals surface area contributed by atoms with Gasteiger partial charge in [-0.05, 0) is 38.3 Å². The second-order valence-corrected chi connectivity index (χ2v) is 8.41. The van der Waals surface area contributed by atoms with Crippen molar-refractivity contribution in [2.24, 2.45) is 0 Å². The van der Waals surface area contributed by atoms with Gasteiger partial charge in [-0.15, -0.1) is 11.3 Å². The van der Waals surface area contributed by atoms with Crippen molar-refractivity contribution >= 4 is 39.9 Å². The van der Waals surface area contributed by atoms with Gasteiger partial charge >= 0.3 is 5.97 Å². The number of carbonyl (C=O) groups is 3. The third kappa shape index (κ3) is 5.05. The van der Waals surface area contributed by atoms with Crippen LogP contribution in [-0.2, 0) is 14.3 Å². The van der Waals surface area contributed by atoms with Crippen molar-refractivity contribution in [1.82, 2.24) is 4.98 Å². The van der Waals surface area contributed by atoms with E-state index < -0.39 is 12.1 Å². The number of anilines is 2. The lowest BCUT2D eigenvalue weighted by Crippen LogP contribution is -2.47. The predicted octanol–water partition coefficient (Wildman–Crippen LogP) is 4.32. The van der Waals surface area contributed by atoms with Crippen LogP contribution in [0.15, 0.2) is 29.8 Å². The molecule has 1 fully saturated rings. The predicted molar refractivity (Wildman–Crippen MR) is 117 cm³/mol. The van der Waals surface area contributed by atoms with Gasteiger partial charge in [-0.1, -0.05) is 31.4 Å². The number of nitrogens with one attached hydrogen (secondary N) is 1. The van der Waals surface area contributed by atoms with E-state index in [0.717, 1.165) is 31.2 Å². The molecule has 3 rings (SSSR count). The van der Waals surface area contributed by atoms with Gasteiger partial charge in [0.05, 0.1) is 11.3 Å². The quantitative estimate of drug-likeness (QED) is 0.691. The summed E-state index contributed by atoms with van der Waals surface area (Å²) in [6, 6.07) is 5.15. The summed E-state index contributed by atoms with van der Waals surface area (Å²) in [4.78, 5) is 43.7. The van der Waals surface area contributed by atoms with E-state index in [9.17, 15) is 14.4 Å². The standard InChI is InChI=1S/C22H27N3O4S/c1-14-8-7-11-18(19(14)24-16(3)26)21(28)29-15(2)20(27)25(22-23-12-13-30-22)17-9-5-4-6-10-17/h7-8,11-13,15,17H,4-6,9-10H2,1-3H3,(H,24,26). The molecule has 1 heterocycles. The van der Waals surface area contributed by atoms with Gasteiger partial charge < -0.3 is 10.1 Å². The van der Waals surface area contributed by atoms with Crippen molar-refractivity contribution in [2.45, 2.75) is 65.0 Å². The second-order valence-electron chi connectivity index (χ2n) is 7.54. The van der Waals surface area contributed by atoms with Crippen molar-refractivity contribution in [2.75, 3.05) is 10.2 Å². The molecule has 0 spiro atoms. The minimum absolute atomic E-state index is 0.0625. The van der Waals surface area contributed by atoms with Crippen molar-refractivity contribution in [1.29, 1.82) is 0 Å². The summed E-state index contributed by atoms with van der Waals surface area (Å²) < 4.78 is 5.54. The van der Waals surface area contributed by atoms with Gasteiger partial charge in [-0.2, -0.15) is 0 Å². The van der Waals surface area contributed by atoms with E-state index in [-0.39, 0.29) is 23.4 Å². The minimum Gasteiger partial charge on any atom is -0.449 e. The number of hydrogen-bond donors (Lipinski definition) is 1. The first-order valence-electron chi connectivity index (χ1n) is 10.2. The second kappa shape index (κ2) is 9.84. The molecule has 2 aromatic rings. The maximum atomic E-state index is 13.3. The van der Waals surface area contributed by atoms with Crippen LogP contribution in [0.3, 0.4) is 0 Å². The van der Waals surface area contributed by atoms with Crippen molar-refractivity contribution in [3.63, 3.8) is 0 Å². The first-order valence-corrected chi connectivity index (χ1v) is 11.1. The van der Waals surface area contributed by atoms with Crippen molar-refractivity contribution in [3.05, 3.63) is 40.9 Å². The van der Waals surface area contributed by atoms with Gasteiger partial charge in [0, 0.05) is 24.5 Å². The number of hydrogen-bond acceptors (Lipinski definition) is 6. The molecule has 1 saturated carbocycles. The Labute approximate surface area is 180 Å². The molecule has 1 aromatic heterocycles. The van der Waals surface area contributed by atoms with Crippen LogP contribution < -0.4 is 10.2 Å². The maximum Gasteiger partial charge on any atom is 0.341 e. The Morgan fingerprint density at radius 1 is 1.23 bits per heavy atom. The number of esters is 1. The van der Waals surface area contributed by atoms with Crippen LogP contribution in [-0.4, -0.2) is 34.9 Å². The molecule has 30 heavy (non-hydrogen) atoms. The van der Waals surface area contributed by atoms with Crippen molar-refractivity contribution < 1.29 is 19.1 Å². The Hall–Kier alpha value is -2.74. The van der Waals surface area contributed by atoms with Crippen LogP contribution in [0.4, 0.5) is 10.8 Å². The SMILES string of the molecule is CC(=O)Nc1c(C)cccc1C(=O)OC(C)C(=O)N(c1nccs1)C1CCCCC1. The summed E-state index contributed by atoms with van der Waals surface area (Å²) in [6.07, 6.45) is 5.82. The lowest BCUT2D eigenvalue weighted by atomic mass is 9.94. The highest BCUT2D eigenvalue weighted by Gasteiger charge is 2.33. The number of carbonyl (C=O) groups excluding carboxylic acids is 3. The highest BCUT2D eigenvalue weighted by Crippen LogP contribution is 2.30. The summed E-state index contributed by atoms with van der Waals surface area (Å²) in [6.45, 7) is 4.76. The Kier molecular flexibility index (Phi) is 7.20. The largest absolute Gasteiger partial charge is 0.449 e. The molecule has 1 aliphatic rings. The van der Waals surface area contributed by atoms with Gasteiger partial charge in [0.25, 0.3) is 5.91 Å². The number of thiazole rings is 1. The van der Waals surface area contributed by atoms with E-state index >= 15 is 0 Å². The van der Waals surface area contributed by atoms with E-state index in [0.29, 0.717) is 10.8 Å². The molecule has 2 amide bonds. The number of nitrogens with zero attached hydrogens (tertiary/aromatic N) is 2. The lowest BCUT2D eigenvalue weighted by molar-refractivity contribution is -0.127. The molecule has 1 atom stereocenters. The van der Waals surface area contributed by atoms with E-state index in [4.69, 9.17) is 4.74 Å². The molecule has 7 nitrogen and oxygen atoms in total. The monoisotopic (exact) mass is 429 g/mol. The highest BCUT2D eigenvalue weighted by molar-refractivity contribution is 7.13. The average molecular weight is 430 g/mol. The van der Waals surface area contributed by atoms with Crippen LogP contribution in [0.25, 0.3) is 0 Å². The normalized spacial score (nSPS) is 15.3. The number of benzene rings is 1. The van der Waals surface area contributed by atoms with Gasteiger partial charge in [0.15, 0.2) is 11.2 Å². The van der Waals surface area contributed by atoms with Crippen LogP contribution in [0.1, 0.15) is 61.9 Å². The zero-order valence-corrected chi connectivity index (χ0v) is 18.3. The fourth-order valence-electron chi connectivity index (χ4n) is 3.75. The van der Waals surface area contributed by atoms with Crippen LogP contribution in [0, 0.1) is 6.92 Å². The van der Waals surface area contributed by atoms with Crippen LogP contribution >= 0.6 is 11.3 Å². The third-order valence-electron chi connectivity index (χ3n) is 5.23. The molecule has 1 aromatic carbocycles. The molecule has 1 aliphatic carbocycles. The van der Waals surface area contributed by atoms with Gasteiger partial charge in [-0.25, -0.2) is 9.78 Å². The molecule has 0 radical (unpaired) electrons. The van der Waals surface area contributed by atoms with E-state index in [1.54, 1.807) is 43.1 Å². The van der Waals surface area contributed by atoms with E-state index in [1.807, 2.05) is 5.38 Å². The molecule has 0 aliphatic heterocycles. The van der Waals surface area contributed by atoms with Gasteiger partial charge in [0.2, 0.25) is 5.91 Å². The summed E-state index contributed by atoms with van der Waals surface area (Å²) >= 11 is 1.40. The Balaban J connectivity index is 1.79. The molecule has 8 heteroatoms. The van der Waals surface area contributed by atoms with Crippen LogP contribution in [0.5, 0.6) is 0 Å². The molecule has 0 bridgehead atoms. The summed E-state index contributed by atoms with van der Waals surface area (Å²) in [5.41, 5.74) is 1.37. The fraction of sp³-hybridized carbons (Fsp3) is 0.455. The fourth-order valence-corrected chi connectivity index (χ4v) is 4.47. The zero-order chi connectivity index (χ0) is 21.7. The first-order chi connectivity index (χ1) is 14.4. The van der Waals surface area contributed by atoms with E-state index in [1.165, 1.54) is 24.7 Å². The number of ether oxygens (including phenoxy) is 1. The number of amides is 2. The highest BCUT2D eigenvalue weighted by atomic mass is 32.1. The minimum atomic E-state index is -0.978. The number of para-hydroxylation sites is 1. The van der Waals surface area contributed by atoms with Gasteiger partial charge in [0.1, 0.15) is 0 Å². The average Bonchev–Trinajstić information content (AvgIpc) is 3.24. The molecular weight excluding hydrogens is 402 g/mol. The Bertz CT molecular complexity index is 907. The Morgan fingerprint density at radius 3 is 2.60 bits per heavy atom. The molecule has 0 saturated heterocycles. The maximum absolute atomic E-state index is 13.3. The molecule has 160 valence electrons. The lowest BCUT2D eigenvalue weighted by Gasteiger charge is -2.33. The smallest absolute Gasteiger partial charge is 0.341 e.